The predicted octanol–water partition coefficient (Wildman–Crippen LogP) is 2.87. The van der Waals surface area contributed by atoms with Crippen molar-refractivity contribution in [2.45, 2.75) is 39.3 Å². The van der Waals surface area contributed by atoms with E-state index < -0.39 is 6.10 Å². The minimum absolute atomic E-state index is 0.144. The molecule has 0 bridgehead atoms. The largest absolute Gasteiger partial charge is 0.492 e. The minimum atomic E-state index is -0.602. The monoisotopic (exact) mass is 326 g/mol. The van der Waals surface area contributed by atoms with Crippen molar-refractivity contribution >= 4 is 17.6 Å². The van der Waals surface area contributed by atoms with Crippen LogP contribution in [0.15, 0.2) is 18.2 Å². The fourth-order valence-corrected chi connectivity index (χ4v) is 2.48. The lowest BCUT2D eigenvalue weighted by atomic mass is 9.89. The molecule has 0 aromatic heterocycles. The Balaban J connectivity index is 1.95. The molecule has 122 valence electrons. The van der Waals surface area contributed by atoms with Crippen molar-refractivity contribution in [1.29, 1.82) is 0 Å². The second-order valence-corrected chi connectivity index (χ2v) is 6.99. The molecule has 6 heteroatoms. The van der Waals surface area contributed by atoms with E-state index in [2.05, 4.69) is 10.6 Å². The molecule has 0 saturated carbocycles. The molecule has 3 N–H and O–H groups in total. The first-order chi connectivity index (χ1) is 10.3. The summed E-state index contributed by atoms with van der Waals surface area (Å²) in [7, 11) is 0. The van der Waals surface area contributed by atoms with Crippen LogP contribution in [0.5, 0.6) is 5.75 Å². The number of hydrogen-bond donors (Lipinski definition) is 3. The van der Waals surface area contributed by atoms with E-state index in [0.29, 0.717) is 23.8 Å². The Kier molecular flexibility index (Phi) is 5.19. The summed E-state index contributed by atoms with van der Waals surface area (Å²) in [5, 5.41) is 16.1. The first-order valence-electron chi connectivity index (χ1n) is 7.42. The molecule has 0 spiro atoms. The Hall–Kier alpha value is -1.46. The zero-order valence-electron chi connectivity index (χ0n) is 13.1. The topological polar surface area (TPSA) is 70.6 Å². The highest BCUT2D eigenvalue weighted by Gasteiger charge is 2.26. The van der Waals surface area contributed by atoms with Crippen LogP contribution in [0.3, 0.4) is 0 Å². The number of carbonyl (C=O) groups is 1. The molecule has 0 aliphatic carbocycles. The maximum atomic E-state index is 12.0. The van der Waals surface area contributed by atoms with Crippen molar-refractivity contribution in [2.24, 2.45) is 5.41 Å². The number of ether oxygens (including phenoxy) is 1. The lowest BCUT2D eigenvalue weighted by Gasteiger charge is -2.29. The summed E-state index contributed by atoms with van der Waals surface area (Å²) < 4.78 is 5.57. The maximum Gasteiger partial charge on any atom is 0.315 e. The van der Waals surface area contributed by atoms with Crippen molar-refractivity contribution in [3.63, 3.8) is 0 Å². The lowest BCUT2D eigenvalue weighted by Crippen LogP contribution is -2.45. The number of nitrogens with one attached hydrogen (secondary N) is 2. The van der Waals surface area contributed by atoms with Gasteiger partial charge in [-0.25, -0.2) is 4.79 Å². The van der Waals surface area contributed by atoms with Gasteiger partial charge in [-0.2, -0.15) is 0 Å². The molecule has 1 heterocycles. The molecule has 1 aliphatic rings. The zero-order chi connectivity index (χ0) is 16.3. The summed E-state index contributed by atoms with van der Waals surface area (Å²) in [5.74, 6) is 0.635. The van der Waals surface area contributed by atoms with E-state index >= 15 is 0 Å². The number of fused-ring (bicyclic) bond motifs is 1. The summed E-state index contributed by atoms with van der Waals surface area (Å²) in [4.78, 5) is 12.0. The van der Waals surface area contributed by atoms with Crippen molar-refractivity contribution in [3.8, 4) is 5.75 Å². The number of urea groups is 1. The molecule has 1 aromatic carbocycles. The van der Waals surface area contributed by atoms with E-state index in [1.807, 2.05) is 32.9 Å². The Bertz CT molecular complexity index is 543. The maximum absolute atomic E-state index is 12.0. The highest BCUT2D eigenvalue weighted by molar-refractivity contribution is 6.32. The number of benzene rings is 1. The molecule has 0 fully saturated rings. The van der Waals surface area contributed by atoms with Crippen LogP contribution in [-0.4, -0.2) is 30.4 Å². The van der Waals surface area contributed by atoms with Crippen molar-refractivity contribution in [1.82, 2.24) is 10.6 Å². The molecule has 0 saturated heterocycles. The second-order valence-electron chi connectivity index (χ2n) is 6.58. The number of carbonyl (C=O) groups excluding carboxylic acids is 1. The van der Waals surface area contributed by atoms with Gasteiger partial charge in [0.15, 0.2) is 0 Å². The van der Waals surface area contributed by atoms with Gasteiger partial charge >= 0.3 is 6.03 Å². The van der Waals surface area contributed by atoms with Crippen LogP contribution in [0.2, 0.25) is 5.02 Å². The molecule has 1 aromatic rings. The smallest absolute Gasteiger partial charge is 0.315 e. The van der Waals surface area contributed by atoms with Gasteiger partial charge in [-0.15, -0.1) is 0 Å². The Labute approximate surface area is 136 Å². The molecule has 2 unspecified atom stereocenters. The van der Waals surface area contributed by atoms with E-state index in [1.54, 1.807) is 6.07 Å². The van der Waals surface area contributed by atoms with Gasteiger partial charge < -0.3 is 20.5 Å². The predicted molar refractivity (Wildman–Crippen MR) is 86.3 cm³/mol. The number of para-hydroxylation sites is 1. The number of hydrogen-bond acceptors (Lipinski definition) is 3. The highest BCUT2D eigenvalue weighted by Crippen LogP contribution is 2.37. The van der Waals surface area contributed by atoms with Crippen LogP contribution in [0, 0.1) is 5.41 Å². The average molecular weight is 327 g/mol. The molecule has 1 aliphatic heterocycles. The molecular formula is C16H23ClN2O3. The van der Waals surface area contributed by atoms with Crippen LogP contribution < -0.4 is 15.4 Å². The van der Waals surface area contributed by atoms with Crippen LogP contribution in [0.25, 0.3) is 0 Å². The first-order valence-corrected chi connectivity index (χ1v) is 7.80. The number of amides is 2. The summed E-state index contributed by atoms with van der Waals surface area (Å²) >= 11 is 6.11. The minimum Gasteiger partial charge on any atom is -0.492 e. The Morgan fingerprint density at radius 3 is 2.91 bits per heavy atom. The summed E-state index contributed by atoms with van der Waals surface area (Å²) in [5.41, 5.74) is 0.608. The third-order valence-electron chi connectivity index (χ3n) is 3.79. The fourth-order valence-electron chi connectivity index (χ4n) is 2.24. The quantitative estimate of drug-likeness (QED) is 0.800. The van der Waals surface area contributed by atoms with Crippen molar-refractivity contribution in [3.05, 3.63) is 28.8 Å². The van der Waals surface area contributed by atoms with E-state index in [-0.39, 0.29) is 24.0 Å². The summed E-state index contributed by atoms with van der Waals surface area (Å²) in [6.45, 7) is 6.49. The van der Waals surface area contributed by atoms with Crippen LogP contribution in [0.1, 0.15) is 38.8 Å². The number of rotatable bonds is 3. The van der Waals surface area contributed by atoms with E-state index in [1.165, 1.54) is 0 Å². The average Bonchev–Trinajstić information content (AvgIpc) is 2.45. The first kappa shape index (κ1) is 16.9. The SMILES string of the molecule is CC(C)(C)C(O)CNC(=O)NC1CCOc2c(Cl)cccc21. The number of halogens is 1. The van der Waals surface area contributed by atoms with E-state index in [0.717, 1.165) is 5.56 Å². The van der Waals surface area contributed by atoms with Gasteiger partial charge in [0.1, 0.15) is 5.75 Å². The molecular weight excluding hydrogens is 304 g/mol. The molecule has 2 atom stereocenters. The Morgan fingerprint density at radius 2 is 2.23 bits per heavy atom. The van der Waals surface area contributed by atoms with Crippen molar-refractivity contribution in [2.75, 3.05) is 13.2 Å². The van der Waals surface area contributed by atoms with E-state index in [4.69, 9.17) is 16.3 Å². The highest BCUT2D eigenvalue weighted by atomic mass is 35.5. The van der Waals surface area contributed by atoms with Gasteiger partial charge in [-0.3, -0.25) is 0 Å². The second kappa shape index (κ2) is 6.75. The molecule has 22 heavy (non-hydrogen) atoms. The summed E-state index contributed by atoms with van der Waals surface area (Å²) in [6.07, 6.45) is 0.0810. The van der Waals surface area contributed by atoms with Crippen LogP contribution in [0.4, 0.5) is 4.79 Å². The van der Waals surface area contributed by atoms with Gasteiger partial charge in [0.2, 0.25) is 0 Å². The molecule has 2 amide bonds. The lowest BCUT2D eigenvalue weighted by molar-refractivity contribution is 0.0648. The third-order valence-corrected chi connectivity index (χ3v) is 4.08. The van der Waals surface area contributed by atoms with Gasteiger partial charge in [0.25, 0.3) is 0 Å². The Morgan fingerprint density at radius 1 is 1.50 bits per heavy atom. The van der Waals surface area contributed by atoms with E-state index in [9.17, 15) is 9.90 Å². The summed E-state index contributed by atoms with van der Waals surface area (Å²) in [6, 6.07) is 5.05. The fraction of sp³-hybridized carbons (Fsp3) is 0.562. The number of aliphatic hydroxyl groups is 1. The zero-order valence-corrected chi connectivity index (χ0v) is 13.9. The molecule has 0 radical (unpaired) electrons. The molecule has 2 rings (SSSR count). The third kappa shape index (κ3) is 4.05. The normalized spacial score (nSPS) is 18.9. The van der Waals surface area contributed by atoms with Gasteiger partial charge in [-0.1, -0.05) is 44.5 Å². The standard InChI is InChI=1S/C16H23ClN2O3/c1-16(2,3)13(20)9-18-15(21)19-12-7-8-22-14-10(12)5-4-6-11(14)17/h4-6,12-13,20H,7-9H2,1-3H3,(H2,18,19,21). The van der Waals surface area contributed by atoms with Gasteiger partial charge in [0.05, 0.1) is 23.8 Å². The van der Waals surface area contributed by atoms with Crippen LogP contribution >= 0.6 is 11.6 Å². The number of aliphatic hydroxyl groups excluding tert-OH is 1. The molecule has 5 nitrogen and oxygen atoms in total. The van der Waals surface area contributed by atoms with Crippen molar-refractivity contribution < 1.29 is 14.6 Å². The van der Waals surface area contributed by atoms with Gasteiger partial charge in [-0.05, 0) is 11.5 Å². The van der Waals surface area contributed by atoms with Crippen LogP contribution in [-0.2, 0) is 0 Å². The van der Waals surface area contributed by atoms with Gasteiger partial charge in [0, 0.05) is 18.5 Å².